The Morgan fingerprint density at radius 2 is 2.00 bits per heavy atom. The van der Waals surface area contributed by atoms with E-state index < -0.39 is 0 Å². The highest BCUT2D eigenvalue weighted by Crippen LogP contribution is 2.22. The van der Waals surface area contributed by atoms with Crippen molar-refractivity contribution in [3.63, 3.8) is 0 Å². The first-order valence-corrected chi connectivity index (χ1v) is 6.97. The van der Waals surface area contributed by atoms with E-state index in [2.05, 4.69) is 17.1 Å². The lowest BCUT2D eigenvalue weighted by molar-refractivity contribution is 0.102. The van der Waals surface area contributed by atoms with E-state index in [1.165, 1.54) is 58.3 Å². The summed E-state index contributed by atoms with van der Waals surface area (Å²) in [7, 11) is 0. The predicted octanol–water partition coefficient (Wildman–Crippen LogP) is 1.19. The van der Waals surface area contributed by atoms with E-state index in [9.17, 15) is 0 Å². The summed E-state index contributed by atoms with van der Waals surface area (Å²) in [4.78, 5) is 2.67. The molecule has 0 saturated carbocycles. The van der Waals surface area contributed by atoms with Crippen molar-refractivity contribution in [2.75, 3.05) is 26.2 Å². The summed E-state index contributed by atoms with van der Waals surface area (Å²) in [6.45, 7) is 7.15. The molecule has 0 aliphatic carbocycles. The molecule has 2 saturated heterocycles. The average molecular weight is 225 g/mol. The van der Waals surface area contributed by atoms with Crippen molar-refractivity contribution in [1.29, 1.82) is 0 Å². The van der Waals surface area contributed by atoms with Crippen LogP contribution in [-0.4, -0.2) is 43.2 Å². The van der Waals surface area contributed by atoms with Gasteiger partial charge in [0, 0.05) is 18.6 Å². The number of nitrogens with two attached hydrogens (primary N) is 1. The molecule has 2 unspecified atom stereocenters. The Morgan fingerprint density at radius 1 is 1.25 bits per heavy atom. The molecule has 0 aromatic rings. The summed E-state index contributed by atoms with van der Waals surface area (Å²) in [5, 5.41) is 3.44. The van der Waals surface area contributed by atoms with E-state index in [1.54, 1.807) is 0 Å². The maximum Gasteiger partial charge on any atom is 0.0244 e. The Bertz CT molecular complexity index is 199. The third-order valence-corrected chi connectivity index (χ3v) is 4.22. The monoisotopic (exact) mass is 225 g/mol. The van der Waals surface area contributed by atoms with E-state index in [0.717, 1.165) is 5.92 Å². The van der Waals surface area contributed by atoms with Gasteiger partial charge in [-0.25, -0.2) is 0 Å². The fourth-order valence-corrected chi connectivity index (χ4v) is 3.23. The molecule has 3 heteroatoms. The zero-order valence-corrected chi connectivity index (χ0v) is 10.6. The second-order valence-corrected chi connectivity index (χ2v) is 5.61. The zero-order chi connectivity index (χ0) is 11.4. The Kier molecular flexibility index (Phi) is 4.62. The minimum Gasteiger partial charge on any atom is -0.327 e. The summed E-state index contributed by atoms with van der Waals surface area (Å²) in [5.41, 5.74) is 6.11. The molecule has 2 atom stereocenters. The highest BCUT2D eigenvalue weighted by atomic mass is 15.2. The molecule has 0 spiro atoms. The van der Waals surface area contributed by atoms with Gasteiger partial charge in [0.1, 0.15) is 0 Å². The molecule has 2 fully saturated rings. The van der Waals surface area contributed by atoms with Gasteiger partial charge in [0.05, 0.1) is 0 Å². The molecule has 0 amide bonds. The van der Waals surface area contributed by atoms with Crippen LogP contribution in [0, 0.1) is 5.92 Å². The van der Waals surface area contributed by atoms with Crippen molar-refractivity contribution in [1.82, 2.24) is 10.2 Å². The van der Waals surface area contributed by atoms with E-state index in [4.69, 9.17) is 5.73 Å². The normalized spacial score (nSPS) is 31.5. The van der Waals surface area contributed by atoms with E-state index in [-0.39, 0.29) is 0 Å². The number of nitrogens with one attached hydrogen (secondary N) is 1. The number of nitrogens with zero attached hydrogens (tertiary/aromatic N) is 1. The van der Waals surface area contributed by atoms with E-state index >= 15 is 0 Å². The van der Waals surface area contributed by atoms with Crippen LogP contribution in [0.2, 0.25) is 0 Å². The molecule has 94 valence electrons. The molecular weight excluding hydrogens is 198 g/mol. The lowest BCUT2D eigenvalue weighted by atomic mass is 9.92. The molecular formula is C13H27N3. The number of hydrogen-bond acceptors (Lipinski definition) is 3. The highest BCUT2D eigenvalue weighted by molar-refractivity contribution is 4.85. The van der Waals surface area contributed by atoms with Crippen molar-refractivity contribution >= 4 is 0 Å². The Hall–Kier alpha value is -0.120. The van der Waals surface area contributed by atoms with E-state index in [1.807, 2.05) is 0 Å². The Morgan fingerprint density at radius 3 is 2.69 bits per heavy atom. The summed E-state index contributed by atoms with van der Waals surface area (Å²) in [6, 6.07) is 0.977. The smallest absolute Gasteiger partial charge is 0.0244 e. The van der Waals surface area contributed by atoms with Crippen LogP contribution in [0.5, 0.6) is 0 Å². The van der Waals surface area contributed by atoms with Crippen molar-refractivity contribution in [2.45, 2.75) is 51.1 Å². The first-order chi connectivity index (χ1) is 7.77. The second kappa shape index (κ2) is 5.99. The quantitative estimate of drug-likeness (QED) is 0.758. The second-order valence-electron chi connectivity index (χ2n) is 5.61. The molecule has 0 aromatic carbocycles. The maximum absolute atomic E-state index is 6.11. The average Bonchev–Trinajstić information content (AvgIpc) is 2.31. The van der Waals surface area contributed by atoms with Gasteiger partial charge in [0.15, 0.2) is 0 Å². The van der Waals surface area contributed by atoms with Crippen LogP contribution in [0.25, 0.3) is 0 Å². The largest absolute Gasteiger partial charge is 0.327 e. The molecule has 16 heavy (non-hydrogen) atoms. The fraction of sp³-hybridized carbons (Fsp3) is 1.00. The maximum atomic E-state index is 6.11. The summed E-state index contributed by atoms with van der Waals surface area (Å²) < 4.78 is 0. The van der Waals surface area contributed by atoms with Gasteiger partial charge in [-0.1, -0.05) is 6.42 Å². The van der Waals surface area contributed by atoms with Crippen LogP contribution in [0.4, 0.5) is 0 Å². The molecule has 2 rings (SSSR count). The Balaban J connectivity index is 1.85. The fourth-order valence-electron chi connectivity index (χ4n) is 3.23. The lowest BCUT2D eigenvalue weighted by Crippen LogP contribution is -2.51. The minimum atomic E-state index is 0.335. The molecule has 0 aromatic heterocycles. The van der Waals surface area contributed by atoms with Crippen molar-refractivity contribution in [3.8, 4) is 0 Å². The van der Waals surface area contributed by atoms with Gasteiger partial charge in [0.25, 0.3) is 0 Å². The van der Waals surface area contributed by atoms with Crippen LogP contribution < -0.4 is 11.1 Å². The molecule has 0 radical (unpaired) electrons. The third kappa shape index (κ3) is 3.19. The molecule has 2 aliphatic heterocycles. The molecule has 3 N–H and O–H groups in total. The topological polar surface area (TPSA) is 41.3 Å². The van der Waals surface area contributed by atoms with Gasteiger partial charge in [-0.2, -0.15) is 0 Å². The minimum absolute atomic E-state index is 0.335. The predicted molar refractivity (Wildman–Crippen MR) is 68.5 cm³/mol. The summed E-state index contributed by atoms with van der Waals surface area (Å²) >= 11 is 0. The molecule has 2 heterocycles. The SMILES string of the molecule is CC(N)C1CCCCN1CC1CCNCC1. The van der Waals surface area contributed by atoms with Crippen LogP contribution in [0.1, 0.15) is 39.0 Å². The highest BCUT2D eigenvalue weighted by Gasteiger charge is 2.27. The van der Waals surface area contributed by atoms with E-state index in [0.29, 0.717) is 12.1 Å². The van der Waals surface area contributed by atoms with Crippen LogP contribution in [0.3, 0.4) is 0 Å². The van der Waals surface area contributed by atoms with Crippen molar-refractivity contribution in [3.05, 3.63) is 0 Å². The van der Waals surface area contributed by atoms with Gasteiger partial charge in [-0.3, -0.25) is 4.90 Å². The zero-order valence-electron chi connectivity index (χ0n) is 10.6. The number of rotatable bonds is 3. The molecule has 3 nitrogen and oxygen atoms in total. The van der Waals surface area contributed by atoms with Gasteiger partial charge in [0.2, 0.25) is 0 Å². The summed E-state index contributed by atoms with van der Waals surface area (Å²) in [6.07, 6.45) is 6.75. The standard InChI is InChI=1S/C13H27N3/c1-11(14)13-4-2-3-9-16(13)10-12-5-7-15-8-6-12/h11-13,15H,2-10,14H2,1H3. The number of likely N-dealkylation sites (tertiary alicyclic amines) is 1. The van der Waals surface area contributed by atoms with Crippen LogP contribution in [-0.2, 0) is 0 Å². The Labute approximate surface area is 99.8 Å². The van der Waals surface area contributed by atoms with Crippen LogP contribution >= 0.6 is 0 Å². The first-order valence-electron chi connectivity index (χ1n) is 6.97. The molecule has 2 aliphatic rings. The third-order valence-electron chi connectivity index (χ3n) is 4.22. The number of piperidine rings is 2. The first kappa shape index (κ1) is 12.3. The lowest BCUT2D eigenvalue weighted by Gasteiger charge is -2.40. The van der Waals surface area contributed by atoms with Gasteiger partial charge >= 0.3 is 0 Å². The number of hydrogen-bond donors (Lipinski definition) is 2. The van der Waals surface area contributed by atoms with Gasteiger partial charge in [-0.15, -0.1) is 0 Å². The van der Waals surface area contributed by atoms with Crippen LogP contribution in [0.15, 0.2) is 0 Å². The van der Waals surface area contributed by atoms with Gasteiger partial charge in [-0.05, 0) is 58.2 Å². The van der Waals surface area contributed by atoms with Gasteiger partial charge < -0.3 is 11.1 Å². The van der Waals surface area contributed by atoms with Crippen molar-refractivity contribution < 1.29 is 0 Å². The molecule has 0 bridgehead atoms. The van der Waals surface area contributed by atoms with Crippen molar-refractivity contribution in [2.24, 2.45) is 11.7 Å². The summed E-state index contributed by atoms with van der Waals surface area (Å²) in [5.74, 6) is 0.903.